The van der Waals surface area contributed by atoms with Crippen molar-refractivity contribution in [2.45, 2.75) is 40.0 Å². The Hall–Kier alpha value is -0.970. The molecule has 0 unspecified atom stereocenters. The lowest BCUT2D eigenvalue weighted by Crippen LogP contribution is -2.14. The smallest absolute Gasteiger partial charge is 0.311 e. The SMILES string of the molecule is C=C(COC(=O)CCC(C)(C)C)OC(=O)CCSC. The molecule has 0 aromatic carbocycles. The minimum atomic E-state index is -0.343. The molecule has 0 bridgehead atoms. The summed E-state index contributed by atoms with van der Waals surface area (Å²) in [5, 5.41) is 0. The molecule has 0 fully saturated rings. The van der Waals surface area contributed by atoms with E-state index in [-0.39, 0.29) is 29.7 Å². The number of esters is 2. The second kappa shape index (κ2) is 9.02. The minimum absolute atomic E-state index is 0.0615. The van der Waals surface area contributed by atoms with E-state index in [1.807, 2.05) is 6.26 Å². The van der Waals surface area contributed by atoms with E-state index in [0.29, 0.717) is 18.6 Å². The van der Waals surface area contributed by atoms with E-state index in [9.17, 15) is 9.59 Å². The van der Waals surface area contributed by atoms with Crippen LogP contribution in [-0.2, 0) is 19.1 Å². The molecule has 0 rings (SSSR count). The number of rotatable bonds is 8. The van der Waals surface area contributed by atoms with Crippen molar-refractivity contribution >= 4 is 23.7 Å². The maximum Gasteiger partial charge on any atom is 0.311 e. The average Bonchev–Trinajstić information content (AvgIpc) is 2.30. The van der Waals surface area contributed by atoms with Crippen molar-refractivity contribution in [3.05, 3.63) is 12.3 Å². The molecule has 0 aromatic heterocycles. The summed E-state index contributed by atoms with van der Waals surface area (Å²) in [6.45, 7) is 9.68. The first-order valence-electron chi connectivity index (χ1n) is 6.27. The van der Waals surface area contributed by atoms with Crippen LogP contribution in [0.2, 0.25) is 0 Å². The summed E-state index contributed by atoms with van der Waals surface area (Å²) in [5.74, 6) is 0.244. The number of ether oxygens (including phenoxy) is 2. The molecule has 5 heteroatoms. The number of hydrogen-bond acceptors (Lipinski definition) is 5. The van der Waals surface area contributed by atoms with Gasteiger partial charge in [-0.3, -0.25) is 9.59 Å². The third-order valence-electron chi connectivity index (χ3n) is 2.24. The van der Waals surface area contributed by atoms with Crippen LogP contribution in [0, 0.1) is 5.41 Å². The molecule has 0 aromatic rings. The third kappa shape index (κ3) is 11.8. The van der Waals surface area contributed by atoms with E-state index in [1.54, 1.807) is 11.8 Å². The third-order valence-corrected chi connectivity index (χ3v) is 2.85. The molecular weight excluding hydrogens is 264 g/mol. The fraction of sp³-hybridized carbons (Fsp3) is 0.714. The van der Waals surface area contributed by atoms with E-state index >= 15 is 0 Å². The second-order valence-corrected chi connectivity index (χ2v) is 6.46. The zero-order chi connectivity index (χ0) is 14.9. The maximum absolute atomic E-state index is 11.4. The van der Waals surface area contributed by atoms with Gasteiger partial charge in [0, 0.05) is 12.2 Å². The van der Waals surface area contributed by atoms with Crippen molar-refractivity contribution in [1.82, 2.24) is 0 Å². The Morgan fingerprint density at radius 2 is 1.79 bits per heavy atom. The zero-order valence-electron chi connectivity index (χ0n) is 12.3. The highest BCUT2D eigenvalue weighted by Gasteiger charge is 2.14. The second-order valence-electron chi connectivity index (χ2n) is 5.48. The molecule has 0 atom stereocenters. The van der Waals surface area contributed by atoms with Gasteiger partial charge in [0.15, 0.2) is 0 Å². The Balaban J connectivity index is 3.78. The Bertz CT molecular complexity index is 318. The van der Waals surface area contributed by atoms with Crippen LogP contribution in [0.25, 0.3) is 0 Å². The number of carbonyl (C=O) groups is 2. The van der Waals surface area contributed by atoms with Gasteiger partial charge in [-0.05, 0) is 18.1 Å². The van der Waals surface area contributed by atoms with E-state index in [0.717, 1.165) is 6.42 Å². The van der Waals surface area contributed by atoms with Crippen LogP contribution in [0.1, 0.15) is 40.0 Å². The monoisotopic (exact) mass is 288 g/mol. The fourth-order valence-electron chi connectivity index (χ4n) is 1.14. The molecule has 0 aliphatic carbocycles. The van der Waals surface area contributed by atoms with Crippen molar-refractivity contribution in [2.24, 2.45) is 5.41 Å². The van der Waals surface area contributed by atoms with Crippen molar-refractivity contribution in [3.63, 3.8) is 0 Å². The van der Waals surface area contributed by atoms with Crippen LogP contribution in [0.3, 0.4) is 0 Å². The van der Waals surface area contributed by atoms with E-state index in [4.69, 9.17) is 9.47 Å². The summed E-state index contributed by atoms with van der Waals surface area (Å²) in [6.07, 6.45) is 3.36. The highest BCUT2D eigenvalue weighted by molar-refractivity contribution is 7.98. The molecule has 0 N–H and O–H groups in total. The Morgan fingerprint density at radius 1 is 1.16 bits per heavy atom. The van der Waals surface area contributed by atoms with Gasteiger partial charge in [0.1, 0.15) is 12.4 Å². The lowest BCUT2D eigenvalue weighted by atomic mass is 9.91. The summed E-state index contributed by atoms with van der Waals surface area (Å²) in [6, 6.07) is 0. The van der Waals surface area contributed by atoms with Crippen molar-refractivity contribution in [3.8, 4) is 0 Å². The maximum atomic E-state index is 11.4. The number of thioether (sulfide) groups is 1. The zero-order valence-corrected chi connectivity index (χ0v) is 13.1. The van der Waals surface area contributed by atoms with Gasteiger partial charge in [-0.25, -0.2) is 0 Å². The quantitative estimate of drug-likeness (QED) is 0.507. The Morgan fingerprint density at radius 3 is 2.32 bits per heavy atom. The largest absolute Gasteiger partial charge is 0.458 e. The van der Waals surface area contributed by atoms with Crippen LogP contribution in [-0.4, -0.2) is 30.6 Å². The normalized spacial score (nSPS) is 10.9. The van der Waals surface area contributed by atoms with Gasteiger partial charge < -0.3 is 9.47 Å². The van der Waals surface area contributed by atoms with Crippen LogP contribution in [0.15, 0.2) is 12.3 Å². The van der Waals surface area contributed by atoms with Crippen molar-refractivity contribution in [1.29, 1.82) is 0 Å². The van der Waals surface area contributed by atoms with Crippen LogP contribution < -0.4 is 0 Å². The van der Waals surface area contributed by atoms with Crippen molar-refractivity contribution in [2.75, 3.05) is 18.6 Å². The van der Waals surface area contributed by atoms with Crippen LogP contribution in [0.5, 0.6) is 0 Å². The fourth-order valence-corrected chi connectivity index (χ4v) is 1.51. The van der Waals surface area contributed by atoms with E-state index in [2.05, 4.69) is 27.4 Å². The topological polar surface area (TPSA) is 52.6 Å². The highest BCUT2D eigenvalue weighted by Crippen LogP contribution is 2.20. The number of carbonyl (C=O) groups excluding carboxylic acids is 2. The average molecular weight is 288 g/mol. The first kappa shape index (κ1) is 18.0. The Kier molecular flexibility index (Phi) is 8.56. The summed E-state index contributed by atoms with van der Waals surface area (Å²) >= 11 is 1.57. The first-order valence-corrected chi connectivity index (χ1v) is 7.67. The van der Waals surface area contributed by atoms with Gasteiger partial charge >= 0.3 is 11.9 Å². The van der Waals surface area contributed by atoms with E-state index in [1.165, 1.54) is 0 Å². The van der Waals surface area contributed by atoms with Gasteiger partial charge in [-0.2, -0.15) is 11.8 Å². The molecule has 0 radical (unpaired) electrons. The first-order chi connectivity index (χ1) is 8.74. The lowest BCUT2D eigenvalue weighted by Gasteiger charge is -2.17. The molecule has 0 spiro atoms. The van der Waals surface area contributed by atoms with Gasteiger partial charge in [-0.15, -0.1) is 0 Å². The molecule has 0 aliphatic rings. The van der Waals surface area contributed by atoms with Crippen LogP contribution >= 0.6 is 11.8 Å². The molecule has 4 nitrogen and oxygen atoms in total. The summed E-state index contributed by atoms with van der Waals surface area (Å²) < 4.78 is 9.91. The molecule has 0 aliphatic heterocycles. The molecule has 0 saturated carbocycles. The minimum Gasteiger partial charge on any atom is -0.458 e. The van der Waals surface area contributed by atoms with Gasteiger partial charge in [0.25, 0.3) is 0 Å². The van der Waals surface area contributed by atoms with Crippen molar-refractivity contribution < 1.29 is 19.1 Å². The van der Waals surface area contributed by atoms with Gasteiger partial charge in [0.05, 0.1) is 6.42 Å². The number of hydrogen-bond donors (Lipinski definition) is 0. The molecular formula is C14H24O4S. The molecule has 0 heterocycles. The summed E-state index contributed by atoms with van der Waals surface area (Å²) in [5.41, 5.74) is 0.0975. The predicted octanol–water partition coefficient (Wildman–Crippen LogP) is 3.17. The molecule has 19 heavy (non-hydrogen) atoms. The van der Waals surface area contributed by atoms with Gasteiger partial charge in [-0.1, -0.05) is 27.4 Å². The van der Waals surface area contributed by atoms with E-state index < -0.39 is 0 Å². The summed E-state index contributed by atoms with van der Waals surface area (Å²) in [7, 11) is 0. The molecule has 110 valence electrons. The molecule has 0 saturated heterocycles. The predicted molar refractivity (Wildman–Crippen MR) is 77.9 cm³/mol. The Labute approximate surface area is 119 Å². The lowest BCUT2D eigenvalue weighted by molar-refractivity contribution is -0.148. The van der Waals surface area contributed by atoms with Gasteiger partial charge in [0.2, 0.25) is 0 Å². The van der Waals surface area contributed by atoms with Crippen LogP contribution in [0.4, 0.5) is 0 Å². The summed E-state index contributed by atoms with van der Waals surface area (Å²) in [4.78, 5) is 22.7. The standard InChI is InChI=1S/C14H24O4S/c1-11(18-13(16)7-9-19-5)10-17-12(15)6-8-14(2,3)4/h1,6-10H2,2-5H3. The molecule has 0 amide bonds. The highest BCUT2D eigenvalue weighted by atomic mass is 32.2.